The Morgan fingerprint density at radius 2 is 1.87 bits per heavy atom. The second kappa shape index (κ2) is 6.76. The highest BCUT2D eigenvalue weighted by Crippen LogP contribution is 2.34. The zero-order chi connectivity index (χ0) is 17.2. The molecule has 0 aliphatic carbocycles. The summed E-state index contributed by atoms with van der Waals surface area (Å²) >= 11 is 0. The third-order valence-electron chi connectivity index (χ3n) is 4.09. The number of sulfonamides is 1. The lowest BCUT2D eigenvalue weighted by Gasteiger charge is -2.30. The van der Waals surface area contributed by atoms with Crippen LogP contribution < -0.4 is 15.2 Å². The van der Waals surface area contributed by atoms with Crippen LogP contribution >= 0.6 is 0 Å². The second-order valence-corrected chi connectivity index (χ2v) is 7.48. The van der Waals surface area contributed by atoms with E-state index in [1.54, 1.807) is 13.0 Å². The van der Waals surface area contributed by atoms with Crippen molar-refractivity contribution in [2.45, 2.75) is 24.7 Å². The number of carbonyl (C=O) groups excluding carboxylic acids is 1. The molecule has 0 spiro atoms. The molecule has 1 heterocycles. The molecule has 1 unspecified atom stereocenters. The van der Waals surface area contributed by atoms with Crippen molar-refractivity contribution >= 4 is 15.9 Å². The number of hydrogen-bond acceptors (Lipinski definition) is 5. The van der Waals surface area contributed by atoms with Gasteiger partial charge in [-0.2, -0.15) is 4.31 Å². The normalized spacial score (nSPS) is 19.3. The lowest BCUT2D eigenvalue weighted by atomic mass is 9.99. The molecule has 0 radical (unpaired) electrons. The Labute approximate surface area is 136 Å². The van der Waals surface area contributed by atoms with E-state index in [-0.39, 0.29) is 11.4 Å². The summed E-state index contributed by atoms with van der Waals surface area (Å²) < 4.78 is 37.5. The monoisotopic (exact) mass is 342 g/mol. The molecule has 1 aromatic rings. The highest BCUT2D eigenvalue weighted by atomic mass is 32.2. The predicted molar refractivity (Wildman–Crippen MR) is 85.0 cm³/mol. The molecule has 1 amide bonds. The van der Waals surface area contributed by atoms with E-state index >= 15 is 0 Å². The van der Waals surface area contributed by atoms with Gasteiger partial charge in [-0.1, -0.05) is 0 Å². The van der Waals surface area contributed by atoms with E-state index in [0.29, 0.717) is 36.4 Å². The van der Waals surface area contributed by atoms with Gasteiger partial charge in [0.25, 0.3) is 0 Å². The number of aryl methyl sites for hydroxylation is 1. The number of nitrogens with two attached hydrogens (primary N) is 1. The number of amides is 1. The van der Waals surface area contributed by atoms with E-state index in [1.165, 1.54) is 24.6 Å². The number of benzene rings is 1. The Hall–Kier alpha value is -1.80. The van der Waals surface area contributed by atoms with Crippen molar-refractivity contribution in [1.29, 1.82) is 0 Å². The number of methoxy groups -OCH3 is 2. The summed E-state index contributed by atoms with van der Waals surface area (Å²) in [7, 11) is -0.781. The molecule has 7 nitrogen and oxygen atoms in total. The summed E-state index contributed by atoms with van der Waals surface area (Å²) in [5.74, 6) is -0.0920. The van der Waals surface area contributed by atoms with Crippen molar-refractivity contribution in [3.8, 4) is 11.5 Å². The number of piperidine rings is 1. The van der Waals surface area contributed by atoms with Crippen LogP contribution in [0.4, 0.5) is 0 Å². The summed E-state index contributed by atoms with van der Waals surface area (Å²) in [6.07, 6.45) is 1.23. The smallest absolute Gasteiger partial charge is 0.243 e. The van der Waals surface area contributed by atoms with Gasteiger partial charge in [0, 0.05) is 19.2 Å². The fourth-order valence-corrected chi connectivity index (χ4v) is 4.52. The molecule has 1 fully saturated rings. The first kappa shape index (κ1) is 17.6. The Morgan fingerprint density at radius 3 is 2.43 bits per heavy atom. The maximum absolute atomic E-state index is 12.9. The Kier molecular flexibility index (Phi) is 5.16. The molecule has 2 rings (SSSR count). The van der Waals surface area contributed by atoms with Gasteiger partial charge in [0.05, 0.1) is 25.0 Å². The maximum Gasteiger partial charge on any atom is 0.243 e. The van der Waals surface area contributed by atoms with E-state index in [4.69, 9.17) is 15.2 Å². The van der Waals surface area contributed by atoms with Crippen LogP contribution in [0.1, 0.15) is 18.4 Å². The highest BCUT2D eigenvalue weighted by molar-refractivity contribution is 7.89. The van der Waals surface area contributed by atoms with Gasteiger partial charge in [-0.3, -0.25) is 4.79 Å². The summed E-state index contributed by atoms with van der Waals surface area (Å²) in [4.78, 5) is 11.5. The minimum Gasteiger partial charge on any atom is -0.493 e. The average molecular weight is 342 g/mol. The molecule has 0 aromatic heterocycles. The standard InChI is InChI=1S/C15H22N2O5S/c1-10-7-12(21-2)13(22-3)8-14(10)23(19,20)17-6-4-5-11(9-17)15(16)18/h7-8,11H,4-6,9H2,1-3H3,(H2,16,18). The molecular weight excluding hydrogens is 320 g/mol. The molecule has 1 aliphatic rings. The number of hydrogen-bond donors (Lipinski definition) is 1. The zero-order valence-electron chi connectivity index (χ0n) is 13.5. The summed E-state index contributed by atoms with van der Waals surface area (Å²) in [5.41, 5.74) is 5.89. The SMILES string of the molecule is COc1cc(C)c(S(=O)(=O)N2CCCC(C(N)=O)C2)cc1OC. The number of primary amides is 1. The third-order valence-corrected chi connectivity index (χ3v) is 6.09. The summed E-state index contributed by atoms with van der Waals surface area (Å²) in [5, 5.41) is 0. The van der Waals surface area contributed by atoms with Crippen LogP contribution in [0.25, 0.3) is 0 Å². The highest BCUT2D eigenvalue weighted by Gasteiger charge is 2.33. The number of rotatable bonds is 5. The predicted octanol–water partition coefficient (Wildman–Crippen LogP) is 0.898. The molecule has 128 valence electrons. The summed E-state index contributed by atoms with van der Waals surface area (Å²) in [6, 6.07) is 3.08. The van der Waals surface area contributed by atoms with Gasteiger partial charge < -0.3 is 15.2 Å². The van der Waals surface area contributed by atoms with Crippen molar-refractivity contribution < 1.29 is 22.7 Å². The van der Waals surface area contributed by atoms with Crippen molar-refractivity contribution in [1.82, 2.24) is 4.31 Å². The van der Waals surface area contributed by atoms with Gasteiger partial charge >= 0.3 is 0 Å². The number of nitrogens with zero attached hydrogens (tertiary/aromatic N) is 1. The fraction of sp³-hybridized carbons (Fsp3) is 0.533. The Balaban J connectivity index is 2.41. The molecular formula is C15H22N2O5S. The molecule has 1 saturated heterocycles. The van der Waals surface area contributed by atoms with Crippen LogP contribution in [-0.2, 0) is 14.8 Å². The molecule has 1 aromatic carbocycles. The third kappa shape index (κ3) is 3.42. The first-order valence-corrected chi connectivity index (χ1v) is 8.77. The van der Waals surface area contributed by atoms with Crippen molar-refractivity contribution in [3.63, 3.8) is 0 Å². The molecule has 0 saturated carbocycles. The topological polar surface area (TPSA) is 98.9 Å². The summed E-state index contributed by atoms with van der Waals surface area (Å²) in [6.45, 7) is 2.19. The van der Waals surface area contributed by atoms with E-state index in [0.717, 1.165) is 0 Å². The van der Waals surface area contributed by atoms with Crippen molar-refractivity contribution in [2.24, 2.45) is 11.7 Å². The van der Waals surface area contributed by atoms with E-state index in [2.05, 4.69) is 0 Å². The van der Waals surface area contributed by atoms with Crippen molar-refractivity contribution in [3.05, 3.63) is 17.7 Å². The minimum atomic E-state index is -3.73. The van der Waals surface area contributed by atoms with Crippen molar-refractivity contribution in [2.75, 3.05) is 27.3 Å². The second-order valence-electron chi connectivity index (χ2n) is 5.58. The molecule has 0 bridgehead atoms. The van der Waals surface area contributed by atoms with Gasteiger partial charge in [0.2, 0.25) is 15.9 Å². The van der Waals surface area contributed by atoms with E-state index in [1.807, 2.05) is 0 Å². The van der Waals surface area contributed by atoms with Crippen LogP contribution in [0.15, 0.2) is 17.0 Å². The van der Waals surface area contributed by atoms with Gasteiger partial charge in [0.1, 0.15) is 0 Å². The van der Waals surface area contributed by atoms with Gasteiger partial charge in [-0.05, 0) is 31.4 Å². The fourth-order valence-electron chi connectivity index (χ4n) is 2.77. The van der Waals surface area contributed by atoms with Crippen LogP contribution in [0.2, 0.25) is 0 Å². The van der Waals surface area contributed by atoms with Gasteiger partial charge in [-0.25, -0.2) is 8.42 Å². The largest absolute Gasteiger partial charge is 0.493 e. The van der Waals surface area contributed by atoms with E-state index < -0.39 is 21.8 Å². The van der Waals surface area contributed by atoms with Crippen LogP contribution in [0.3, 0.4) is 0 Å². The first-order chi connectivity index (χ1) is 10.8. The molecule has 1 aliphatic heterocycles. The minimum absolute atomic E-state index is 0.117. The number of carbonyl (C=O) groups is 1. The molecule has 1 atom stereocenters. The molecule has 2 N–H and O–H groups in total. The van der Waals surface area contributed by atoms with Crippen LogP contribution in [-0.4, -0.2) is 45.9 Å². The lowest BCUT2D eigenvalue weighted by Crippen LogP contribution is -2.44. The van der Waals surface area contributed by atoms with E-state index in [9.17, 15) is 13.2 Å². The molecule has 23 heavy (non-hydrogen) atoms. The van der Waals surface area contributed by atoms with Gasteiger partial charge in [0.15, 0.2) is 11.5 Å². The number of ether oxygens (including phenoxy) is 2. The first-order valence-electron chi connectivity index (χ1n) is 7.33. The molecule has 8 heteroatoms. The zero-order valence-corrected chi connectivity index (χ0v) is 14.4. The maximum atomic E-state index is 12.9. The lowest BCUT2D eigenvalue weighted by molar-refractivity contribution is -0.122. The Morgan fingerprint density at radius 1 is 1.26 bits per heavy atom. The van der Waals surface area contributed by atoms with Crippen LogP contribution in [0, 0.1) is 12.8 Å². The van der Waals surface area contributed by atoms with Gasteiger partial charge in [-0.15, -0.1) is 0 Å². The Bertz CT molecular complexity index is 702. The quantitative estimate of drug-likeness (QED) is 0.857. The van der Waals surface area contributed by atoms with Crippen LogP contribution in [0.5, 0.6) is 11.5 Å². The average Bonchev–Trinajstić information content (AvgIpc) is 2.54.